The van der Waals surface area contributed by atoms with Crippen LogP contribution in [0.2, 0.25) is 5.02 Å². The van der Waals surface area contributed by atoms with Crippen molar-refractivity contribution in [3.8, 4) is 0 Å². The first-order chi connectivity index (χ1) is 7.66. The average Bonchev–Trinajstić information content (AvgIpc) is 2.28. The molecule has 0 aliphatic heterocycles. The quantitative estimate of drug-likeness (QED) is 0.669. The summed E-state index contributed by atoms with van der Waals surface area (Å²) < 4.78 is 0. The minimum absolute atomic E-state index is 0.187. The number of allylic oxidation sites excluding steroid dienone is 1. The molecule has 1 saturated carbocycles. The van der Waals surface area contributed by atoms with Gasteiger partial charge in [0.25, 0.3) is 0 Å². The van der Waals surface area contributed by atoms with E-state index in [9.17, 15) is 4.79 Å². The van der Waals surface area contributed by atoms with Gasteiger partial charge in [0.2, 0.25) is 0 Å². The summed E-state index contributed by atoms with van der Waals surface area (Å²) in [5.41, 5.74) is 2.02. The van der Waals surface area contributed by atoms with Crippen molar-refractivity contribution in [2.24, 2.45) is 5.92 Å². The van der Waals surface area contributed by atoms with E-state index in [4.69, 9.17) is 11.6 Å². The lowest BCUT2D eigenvalue weighted by Gasteiger charge is -2.19. The third-order valence-corrected chi connectivity index (χ3v) is 3.31. The van der Waals surface area contributed by atoms with Crippen LogP contribution < -0.4 is 0 Å². The third kappa shape index (κ3) is 2.53. The summed E-state index contributed by atoms with van der Waals surface area (Å²) in [7, 11) is 0. The van der Waals surface area contributed by atoms with Crippen molar-refractivity contribution in [2.45, 2.75) is 26.2 Å². The first kappa shape index (κ1) is 11.4. The van der Waals surface area contributed by atoms with Gasteiger partial charge in [-0.15, -0.1) is 0 Å². The SMILES string of the molecule is C[C@@H]1CCC/C(=C/c2ccc(Cl)cc2)C1=O. The Morgan fingerprint density at radius 1 is 1.31 bits per heavy atom. The molecule has 1 fully saturated rings. The average molecular weight is 235 g/mol. The summed E-state index contributed by atoms with van der Waals surface area (Å²) >= 11 is 5.82. The number of hydrogen-bond donors (Lipinski definition) is 0. The van der Waals surface area contributed by atoms with Gasteiger partial charge in [0.15, 0.2) is 5.78 Å². The van der Waals surface area contributed by atoms with Crippen LogP contribution in [0.4, 0.5) is 0 Å². The molecular weight excluding hydrogens is 220 g/mol. The van der Waals surface area contributed by atoms with Crippen LogP contribution in [0.1, 0.15) is 31.7 Å². The number of Topliss-reactive ketones (excluding diaryl/α,β-unsaturated/α-hetero) is 1. The highest BCUT2D eigenvalue weighted by atomic mass is 35.5. The van der Waals surface area contributed by atoms with Crippen molar-refractivity contribution in [1.29, 1.82) is 0 Å². The standard InChI is InChI=1S/C14H15ClO/c1-10-3-2-4-12(14(10)16)9-11-5-7-13(15)8-6-11/h5-10H,2-4H2,1H3/b12-9-/t10-/m1/s1. The molecule has 0 heterocycles. The fourth-order valence-electron chi connectivity index (χ4n) is 2.07. The Hall–Kier alpha value is -1.08. The molecule has 0 spiro atoms. The second-order valence-electron chi connectivity index (χ2n) is 4.38. The van der Waals surface area contributed by atoms with Crippen molar-refractivity contribution in [2.75, 3.05) is 0 Å². The minimum Gasteiger partial charge on any atom is -0.294 e. The van der Waals surface area contributed by atoms with Gasteiger partial charge in [0.05, 0.1) is 0 Å². The summed E-state index contributed by atoms with van der Waals surface area (Å²) in [6.07, 6.45) is 5.04. The predicted octanol–water partition coefficient (Wildman–Crippen LogP) is 4.11. The Labute approximate surface area is 101 Å². The summed E-state index contributed by atoms with van der Waals surface area (Å²) in [5.74, 6) is 0.494. The van der Waals surface area contributed by atoms with Gasteiger partial charge in [0, 0.05) is 10.9 Å². The molecule has 0 radical (unpaired) electrons. The molecule has 0 unspecified atom stereocenters. The minimum atomic E-state index is 0.187. The van der Waals surface area contributed by atoms with E-state index in [-0.39, 0.29) is 5.92 Å². The van der Waals surface area contributed by atoms with E-state index in [2.05, 4.69) is 0 Å². The maximum atomic E-state index is 11.9. The van der Waals surface area contributed by atoms with Gasteiger partial charge in [-0.3, -0.25) is 4.79 Å². The van der Waals surface area contributed by atoms with Gasteiger partial charge in [-0.25, -0.2) is 0 Å². The molecular formula is C14H15ClO. The van der Waals surface area contributed by atoms with Gasteiger partial charge in [0.1, 0.15) is 0 Å². The third-order valence-electron chi connectivity index (χ3n) is 3.06. The van der Waals surface area contributed by atoms with Gasteiger partial charge >= 0.3 is 0 Å². The zero-order chi connectivity index (χ0) is 11.5. The van der Waals surface area contributed by atoms with Gasteiger partial charge in [-0.2, -0.15) is 0 Å². The van der Waals surface area contributed by atoms with Crippen LogP contribution in [0.5, 0.6) is 0 Å². The molecule has 1 atom stereocenters. The molecule has 1 aliphatic carbocycles. The smallest absolute Gasteiger partial charge is 0.161 e. The number of rotatable bonds is 1. The molecule has 84 valence electrons. The largest absolute Gasteiger partial charge is 0.294 e. The summed E-state index contributed by atoms with van der Waals surface area (Å²) in [6.45, 7) is 2.01. The molecule has 0 N–H and O–H groups in total. The van der Waals surface area contributed by atoms with Crippen molar-refractivity contribution in [3.63, 3.8) is 0 Å². The van der Waals surface area contributed by atoms with E-state index in [1.165, 1.54) is 0 Å². The fraction of sp³-hybridized carbons (Fsp3) is 0.357. The maximum Gasteiger partial charge on any atom is 0.161 e. The molecule has 2 heteroatoms. The van der Waals surface area contributed by atoms with Crippen LogP contribution in [0.3, 0.4) is 0 Å². The van der Waals surface area contributed by atoms with Crippen molar-refractivity contribution >= 4 is 23.5 Å². The highest BCUT2D eigenvalue weighted by Gasteiger charge is 2.22. The Balaban J connectivity index is 2.23. The van der Waals surface area contributed by atoms with E-state index in [1.807, 2.05) is 37.3 Å². The van der Waals surface area contributed by atoms with E-state index in [0.29, 0.717) is 5.78 Å². The van der Waals surface area contributed by atoms with Gasteiger partial charge in [-0.1, -0.05) is 30.7 Å². The highest BCUT2D eigenvalue weighted by Crippen LogP contribution is 2.26. The number of hydrogen-bond acceptors (Lipinski definition) is 1. The lowest BCUT2D eigenvalue weighted by Crippen LogP contribution is -2.18. The van der Waals surface area contributed by atoms with Gasteiger partial charge in [-0.05, 0) is 48.6 Å². The number of carbonyl (C=O) groups is 1. The van der Waals surface area contributed by atoms with Crippen LogP contribution in [0.15, 0.2) is 29.8 Å². The monoisotopic (exact) mass is 234 g/mol. The molecule has 2 rings (SSSR count). The van der Waals surface area contributed by atoms with Crippen molar-refractivity contribution < 1.29 is 4.79 Å². The Bertz CT molecular complexity index is 417. The molecule has 1 aromatic carbocycles. The normalized spacial score (nSPS) is 23.8. The van der Waals surface area contributed by atoms with Crippen LogP contribution in [0.25, 0.3) is 6.08 Å². The number of ketones is 1. The second kappa shape index (κ2) is 4.84. The predicted molar refractivity (Wildman–Crippen MR) is 67.5 cm³/mol. The highest BCUT2D eigenvalue weighted by molar-refractivity contribution is 6.30. The number of carbonyl (C=O) groups excluding carboxylic acids is 1. The molecule has 16 heavy (non-hydrogen) atoms. The van der Waals surface area contributed by atoms with Crippen LogP contribution in [0, 0.1) is 5.92 Å². The Morgan fingerprint density at radius 2 is 2.00 bits per heavy atom. The van der Waals surface area contributed by atoms with Crippen LogP contribution in [-0.4, -0.2) is 5.78 Å². The van der Waals surface area contributed by atoms with E-state index < -0.39 is 0 Å². The van der Waals surface area contributed by atoms with Gasteiger partial charge < -0.3 is 0 Å². The van der Waals surface area contributed by atoms with E-state index >= 15 is 0 Å². The van der Waals surface area contributed by atoms with Crippen LogP contribution in [-0.2, 0) is 4.79 Å². The van der Waals surface area contributed by atoms with Crippen LogP contribution >= 0.6 is 11.6 Å². The first-order valence-electron chi connectivity index (χ1n) is 5.67. The zero-order valence-corrected chi connectivity index (χ0v) is 10.1. The molecule has 1 aliphatic rings. The summed E-state index contributed by atoms with van der Waals surface area (Å²) in [5, 5.41) is 0.727. The molecule has 0 aromatic heterocycles. The molecule has 1 nitrogen and oxygen atoms in total. The Kier molecular flexibility index (Phi) is 3.45. The molecule has 1 aromatic rings. The van der Waals surface area contributed by atoms with Crippen molar-refractivity contribution in [1.82, 2.24) is 0 Å². The fourth-order valence-corrected chi connectivity index (χ4v) is 2.20. The van der Waals surface area contributed by atoms with Crippen molar-refractivity contribution in [3.05, 3.63) is 40.4 Å². The maximum absolute atomic E-state index is 11.9. The van der Waals surface area contributed by atoms with E-state index in [0.717, 1.165) is 35.4 Å². The molecule has 0 saturated heterocycles. The lowest BCUT2D eigenvalue weighted by molar-refractivity contribution is -0.119. The molecule has 0 bridgehead atoms. The lowest BCUT2D eigenvalue weighted by atomic mass is 9.84. The first-order valence-corrected chi connectivity index (χ1v) is 6.05. The molecule has 0 amide bonds. The Morgan fingerprint density at radius 3 is 2.69 bits per heavy atom. The zero-order valence-electron chi connectivity index (χ0n) is 9.37. The summed E-state index contributed by atoms with van der Waals surface area (Å²) in [4.78, 5) is 11.9. The second-order valence-corrected chi connectivity index (χ2v) is 4.82. The van der Waals surface area contributed by atoms with E-state index in [1.54, 1.807) is 0 Å². The summed E-state index contributed by atoms with van der Waals surface area (Å²) in [6, 6.07) is 7.60. The topological polar surface area (TPSA) is 17.1 Å². The number of benzene rings is 1. The number of halogens is 1.